The number of hydrogen-bond donors (Lipinski definition) is 1. The van der Waals surface area contributed by atoms with Crippen LogP contribution in [0.3, 0.4) is 0 Å². The number of methoxy groups -OCH3 is 1. The molecule has 0 radical (unpaired) electrons. The van der Waals surface area contributed by atoms with Crippen LogP contribution in [0.1, 0.15) is 6.42 Å². The third-order valence-electron chi connectivity index (χ3n) is 3.05. The average Bonchev–Trinajstić information content (AvgIpc) is 2.66. The van der Waals surface area contributed by atoms with Gasteiger partial charge in [-0.3, -0.25) is 10.1 Å². The summed E-state index contributed by atoms with van der Waals surface area (Å²) in [5.74, 6) is 0.683. The van der Waals surface area contributed by atoms with E-state index in [9.17, 15) is 10.1 Å². The fourth-order valence-corrected chi connectivity index (χ4v) is 2.13. The van der Waals surface area contributed by atoms with Gasteiger partial charge in [-0.15, -0.1) is 0 Å². The summed E-state index contributed by atoms with van der Waals surface area (Å²) in [6, 6.07) is 4.72. The van der Waals surface area contributed by atoms with Gasteiger partial charge in [0.2, 0.25) is 0 Å². The third kappa shape index (κ3) is 2.70. The zero-order chi connectivity index (χ0) is 13.0. The van der Waals surface area contributed by atoms with Crippen molar-refractivity contribution in [3.63, 3.8) is 0 Å². The van der Waals surface area contributed by atoms with Gasteiger partial charge in [0, 0.05) is 31.8 Å². The van der Waals surface area contributed by atoms with Gasteiger partial charge in [0.25, 0.3) is 5.69 Å². The number of non-ortho nitro benzene ring substituents is 1. The van der Waals surface area contributed by atoms with Crippen molar-refractivity contribution in [1.29, 1.82) is 0 Å². The summed E-state index contributed by atoms with van der Waals surface area (Å²) in [5, 5.41) is 14.1. The van der Waals surface area contributed by atoms with Crippen LogP contribution in [0.15, 0.2) is 18.2 Å². The molecule has 1 aliphatic heterocycles. The molecule has 1 aromatic carbocycles. The molecule has 1 N–H and O–H groups in total. The minimum absolute atomic E-state index is 0.100. The van der Waals surface area contributed by atoms with E-state index in [2.05, 4.69) is 10.2 Å². The first-order valence-corrected chi connectivity index (χ1v) is 6.00. The second kappa shape index (κ2) is 5.68. The molecule has 98 valence electrons. The quantitative estimate of drug-likeness (QED) is 0.649. The van der Waals surface area contributed by atoms with E-state index in [0.717, 1.165) is 38.3 Å². The Morgan fingerprint density at radius 3 is 2.94 bits per heavy atom. The third-order valence-corrected chi connectivity index (χ3v) is 3.05. The lowest BCUT2D eigenvalue weighted by molar-refractivity contribution is -0.384. The molecule has 0 spiro atoms. The van der Waals surface area contributed by atoms with Gasteiger partial charge in [-0.2, -0.15) is 0 Å². The van der Waals surface area contributed by atoms with Crippen LogP contribution in [0.4, 0.5) is 11.4 Å². The second-order valence-corrected chi connectivity index (χ2v) is 4.20. The molecule has 1 heterocycles. The predicted octanol–water partition coefficient (Wildman–Crippen LogP) is 1.40. The number of nitrogens with one attached hydrogen (secondary N) is 1. The first-order chi connectivity index (χ1) is 8.72. The maximum Gasteiger partial charge on any atom is 0.271 e. The van der Waals surface area contributed by atoms with E-state index in [0.29, 0.717) is 5.75 Å². The highest BCUT2D eigenvalue weighted by Gasteiger charge is 2.17. The molecule has 2 rings (SSSR count). The van der Waals surface area contributed by atoms with Crippen molar-refractivity contribution in [2.45, 2.75) is 6.42 Å². The zero-order valence-corrected chi connectivity index (χ0v) is 10.4. The summed E-state index contributed by atoms with van der Waals surface area (Å²) >= 11 is 0. The van der Waals surface area contributed by atoms with Crippen LogP contribution in [-0.4, -0.2) is 38.2 Å². The fourth-order valence-electron chi connectivity index (χ4n) is 2.13. The molecule has 1 fully saturated rings. The smallest absolute Gasteiger partial charge is 0.271 e. The number of nitro groups is 1. The first-order valence-electron chi connectivity index (χ1n) is 6.00. The van der Waals surface area contributed by atoms with E-state index < -0.39 is 0 Å². The molecule has 0 bridgehead atoms. The molecule has 0 unspecified atom stereocenters. The van der Waals surface area contributed by atoms with Crippen LogP contribution in [0.2, 0.25) is 0 Å². The molecular formula is C12H17N3O3. The van der Waals surface area contributed by atoms with Crippen molar-refractivity contribution < 1.29 is 9.66 Å². The zero-order valence-electron chi connectivity index (χ0n) is 10.4. The Morgan fingerprint density at radius 2 is 2.22 bits per heavy atom. The minimum Gasteiger partial charge on any atom is -0.495 e. The Labute approximate surface area is 106 Å². The predicted molar refractivity (Wildman–Crippen MR) is 69.3 cm³/mol. The lowest BCUT2D eigenvalue weighted by Gasteiger charge is -2.24. The number of nitro benzene ring substituents is 1. The molecule has 0 aromatic heterocycles. The highest BCUT2D eigenvalue weighted by atomic mass is 16.6. The fraction of sp³-hybridized carbons (Fsp3) is 0.500. The number of ether oxygens (including phenoxy) is 1. The normalized spacial score (nSPS) is 16.2. The lowest BCUT2D eigenvalue weighted by Crippen LogP contribution is -2.28. The molecule has 1 aromatic rings. The summed E-state index contributed by atoms with van der Waals surface area (Å²) in [6.45, 7) is 3.57. The number of benzene rings is 1. The van der Waals surface area contributed by atoms with E-state index in [4.69, 9.17) is 4.74 Å². The van der Waals surface area contributed by atoms with Crippen LogP contribution in [0, 0.1) is 10.1 Å². The van der Waals surface area contributed by atoms with Crippen LogP contribution >= 0.6 is 0 Å². The number of hydrogen-bond acceptors (Lipinski definition) is 5. The average molecular weight is 251 g/mol. The van der Waals surface area contributed by atoms with Crippen molar-refractivity contribution in [3.05, 3.63) is 28.3 Å². The van der Waals surface area contributed by atoms with Gasteiger partial charge in [-0.25, -0.2) is 0 Å². The van der Waals surface area contributed by atoms with Crippen molar-refractivity contribution in [3.8, 4) is 5.75 Å². The number of rotatable bonds is 3. The Bertz CT molecular complexity index is 429. The van der Waals surface area contributed by atoms with Gasteiger partial charge < -0.3 is 15.0 Å². The highest BCUT2D eigenvalue weighted by molar-refractivity contribution is 5.63. The second-order valence-electron chi connectivity index (χ2n) is 4.20. The Morgan fingerprint density at radius 1 is 1.39 bits per heavy atom. The van der Waals surface area contributed by atoms with E-state index in [-0.39, 0.29) is 10.6 Å². The largest absolute Gasteiger partial charge is 0.495 e. The van der Waals surface area contributed by atoms with E-state index in [1.165, 1.54) is 6.07 Å². The van der Waals surface area contributed by atoms with E-state index >= 15 is 0 Å². The van der Waals surface area contributed by atoms with Crippen LogP contribution < -0.4 is 15.0 Å². The standard InChI is InChI=1S/C12H17N3O3/c1-18-12-4-3-10(15(16)17)9-11(12)14-7-2-5-13-6-8-14/h3-4,9,13H,2,5-8H2,1H3. The minimum atomic E-state index is -0.376. The first kappa shape index (κ1) is 12.6. The van der Waals surface area contributed by atoms with Gasteiger partial charge in [-0.05, 0) is 19.0 Å². The van der Waals surface area contributed by atoms with Crippen LogP contribution in [0.5, 0.6) is 5.75 Å². The van der Waals surface area contributed by atoms with Crippen molar-refractivity contribution in [2.75, 3.05) is 38.2 Å². The van der Waals surface area contributed by atoms with Gasteiger partial charge in [0.1, 0.15) is 5.75 Å². The van der Waals surface area contributed by atoms with Gasteiger partial charge in [0.05, 0.1) is 17.7 Å². The van der Waals surface area contributed by atoms with Crippen molar-refractivity contribution in [2.24, 2.45) is 0 Å². The molecule has 6 nitrogen and oxygen atoms in total. The number of anilines is 1. The molecule has 1 aliphatic rings. The van der Waals surface area contributed by atoms with Crippen LogP contribution in [-0.2, 0) is 0 Å². The van der Waals surface area contributed by atoms with E-state index in [1.807, 2.05) is 0 Å². The van der Waals surface area contributed by atoms with Crippen molar-refractivity contribution >= 4 is 11.4 Å². The molecule has 1 saturated heterocycles. The molecule has 0 saturated carbocycles. The monoisotopic (exact) mass is 251 g/mol. The number of nitrogens with zero attached hydrogens (tertiary/aromatic N) is 2. The molecule has 18 heavy (non-hydrogen) atoms. The van der Waals surface area contributed by atoms with Gasteiger partial charge in [-0.1, -0.05) is 0 Å². The summed E-state index contributed by atoms with van der Waals surface area (Å²) < 4.78 is 5.29. The topological polar surface area (TPSA) is 67.6 Å². The maximum absolute atomic E-state index is 10.8. The molecule has 0 amide bonds. The van der Waals surface area contributed by atoms with E-state index in [1.54, 1.807) is 19.2 Å². The lowest BCUT2D eigenvalue weighted by atomic mass is 10.2. The molecule has 6 heteroatoms. The Kier molecular flexibility index (Phi) is 3.99. The molecular weight excluding hydrogens is 234 g/mol. The van der Waals surface area contributed by atoms with Gasteiger partial charge in [0.15, 0.2) is 0 Å². The molecule has 0 atom stereocenters. The van der Waals surface area contributed by atoms with Crippen LogP contribution in [0.25, 0.3) is 0 Å². The maximum atomic E-state index is 10.8. The summed E-state index contributed by atoms with van der Waals surface area (Å²) in [6.07, 6.45) is 1.02. The highest BCUT2D eigenvalue weighted by Crippen LogP contribution is 2.32. The Balaban J connectivity index is 2.32. The van der Waals surface area contributed by atoms with Gasteiger partial charge >= 0.3 is 0 Å². The van der Waals surface area contributed by atoms with Crippen molar-refractivity contribution in [1.82, 2.24) is 5.32 Å². The summed E-state index contributed by atoms with van der Waals surface area (Å²) in [4.78, 5) is 12.6. The molecule has 0 aliphatic carbocycles. The SMILES string of the molecule is COc1ccc([N+](=O)[O-])cc1N1CCCNCC1. The Hall–Kier alpha value is -1.82. The summed E-state index contributed by atoms with van der Waals surface area (Å²) in [7, 11) is 1.58. The summed E-state index contributed by atoms with van der Waals surface area (Å²) in [5.41, 5.74) is 0.901.